The van der Waals surface area contributed by atoms with Crippen molar-refractivity contribution in [3.63, 3.8) is 0 Å². The number of sulfonamides is 1. The van der Waals surface area contributed by atoms with Crippen LogP contribution in [0, 0.1) is 17.6 Å². The van der Waals surface area contributed by atoms with E-state index in [2.05, 4.69) is 4.72 Å². The van der Waals surface area contributed by atoms with Gasteiger partial charge in [-0.1, -0.05) is 12.1 Å². The summed E-state index contributed by atoms with van der Waals surface area (Å²) in [4.78, 5) is 0. The molecule has 2 aromatic carbocycles. The third kappa shape index (κ3) is 4.87. The van der Waals surface area contributed by atoms with Crippen LogP contribution in [0.4, 0.5) is 8.78 Å². The Morgan fingerprint density at radius 1 is 1.14 bits per heavy atom. The molecule has 0 aliphatic carbocycles. The van der Waals surface area contributed by atoms with Gasteiger partial charge in [-0.05, 0) is 43.7 Å². The van der Waals surface area contributed by atoms with Gasteiger partial charge in [-0.2, -0.15) is 0 Å². The van der Waals surface area contributed by atoms with Gasteiger partial charge in [-0.25, -0.2) is 21.9 Å². The average molecular weight is 411 g/mol. The topological polar surface area (TPSA) is 64.6 Å². The molecule has 0 spiro atoms. The first-order valence-electron chi connectivity index (χ1n) is 9.04. The van der Waals surface area contributed by atoms with Gasteiger partial charge in [-0.15, -0.1) is 0 Å². The predicted octanol–water partition coefficient (Wildman–Crippen LogP) is 3.35. The molecule has 2 atom stereocenters. The average Bonchev–Trinajstić information content (AvgIpc) is 3.08. The minimum Gasteiger partial charge on any atom is -0.488 e. The number of hydrogen-bond acceptors (Lipinski definition) is 4. The highest BCUT2D eigenvalue weighted by atomic mass is 32.2. The summed E-state index contributed by atoms with van der Waals surface area (Å²) in [5.41, 5.74) is 0.909. The van der Waals surface area contributed by atoms with Crippen LogP contribution in [0.3, 0.4) is 0 Å². The molecular formula is C20H23F2NO4S. The second-order valence-corrected chi connectivity index (χ2v) is 9.37. The lowest BCUT2D eigenvalue weighted by Crippen LogP contribution is -2.39. The van der Waals surface area contributed by atoms with Gasteiger partial charge >= 0.3 is 0 Å². The molecule has 1 fully saturated rings. The second kappa shape index (κ2) is 8.55. The molecule has 1 N–H and O–H groups in total. The van der Waals surface area contributed by atoms with E-state index in [1.54, 1.807) is 38.1 Å². The van der Waals surface area contributed by atoms with Crippen molar-refractivity contribution in [3.8, 4) is 16.9 Å². The molecule has 0 radical (unpaired) electrons. The molecule has 28 heavy (non-hydrogen) atoms. The van der Waals surface area contributed by atoms with E-state index in [9.17, 15) is 17.2 Å². The molecule has 3 rings (SSSR count). The van der Waals surface area contributed by atoms with Crippen LogP contribution in [0.1, 0.15) is 13.8 Å². The number of halogens is 2. The minimum absolute atomic E-state index is 0.109. The fourth-order valence-electron chi connectivity index (χ4n) is 2.90. The second-order valence-electron chi connectivity index (χ2n) is 7.04. The SMILES string of the molecule is CC(C)S(=O)(=O)NC[C@H]1COC[C@H]1Oc1ccc(-c2ccc(F)cc2F)cc1. The standard InChI is InChI=1S/C20H23F2NO4S/c1-13(2)28(24,25)23-10-15-11-26-12-20(15)27-17-6-3-14(4-7-17)18-8-5-16(21)9-19(18)22/h3-9,13,15,20,23H,10-12H2,1-2H3/t15-,20+/m0/s1. The van der Waals surface area contributed by atoms with Gasteiger partial charge < -0.3 is 9.47 Å². The van der Waals surface area contributed by atoms with Gasteiger partial charge in [0.25, 0.3) is 0 Å². The molecule has 0 saturated carbocycles. The maximum atomic E-state index is 13.9. The van der Waals surface area contributed by atoms with Crippen LogP contribution in [0.25, 0.3) is 11.1 Å². The van der Waals surface area contributed by atoms with E-state index >= 15 is 0 Å². The number of rotatable bonds is 7. The largest absolute Gasteiger partial charge is 0.488 e. The molecule has 8 heteroatoms. The molecule has 5 nitrogen and oxygen atoms in total. The van der Waals surface area contributed by atoms with Gasteiger partial charge in [0.2, 0.25) is 10.0 Å². The van der Waals surface area contributed by atoms with E-state index in [0.717, 1.165) is 6.07 Å². The Bertz CT molecular complexity index is 916. The van der Waals surface area contributed by atoms with Crippen molar-refractivity contribution in [2.45, 2.75) is 25.2 Å². The summed E-state index contributed by atoms with van der Waals surface area (Å²) >= 11 is 0. The van der Waals surface area contributed by atoms with Crippen molar-refractivity contribution in [2.75, 3.05) is 19.8 Å². The van der Waals surface area contributed by atoms with Crippen LogP contribution in [0.15, 0.2) is 42.5 Å². The van der Waals surface area contributed by atoms with Crippen LogP contribution in [-0.4, -0.2) is 39.5 Å². The smallest absolute Gasteiger partial charge is 0.213 e. The summed E-state index contributed by atoms with van der Waals surface area (Å²) in [5, 5.41) is -0.506. The first kappa shape index (κ1) is 20.7. The lowest BCUT2D eigenvalue weighted by atomic mass is 10.0. The van der Waals surface area contributed by atoms with Crippen molar-refractivity contribution in [2.24, 2.45) is 5.92 Å². The van der Waals surface area contributed by atoms with Gasteiger partial charge in [-0.3, -0.25) is 0 Å². The van der Waals surface area contributed by atoms with E-state index in [4.69, 9.17) is 9.47 Å². The zero-order chi connectivity index (χ0) is 20.3. The van der Waals surface area contributed by atoms with Crippen LogP contribution >= 0.6 is 0 Å². The zero-order valence-electron chi connectivity index (χ0n) is 15.7. The Kier molecular flexibility index (Phi) is 6.32. The third-order valence-corrected chi connectivity index (χ3v) is 6.50. The molecule has 1 aliphatic rings. The van der Waals surface area contributed by atoms with Crippen molar-refractivity contribution in [1.82, 2.24) is 4.72 Å². The molecule has 152 valence electrons. The third-order valence-electron chi connectivity index (χ3n) is 4.69. The fourth-order valence-corrected chi connectivity index (χ4v) is 3.68. The molecule has 0 aromatic heterocycles. The first-order chi connectivity index (χ1) is 13.3. The maximum Gasteiger partial charge on any atom is 0.213 e. The monoisotopic (exact) mass is 411 g/mol. The normalized spacial score (nSPS) is 19.9. The van der Waals surface area contributed by atoms with Gasteiger partial charge in [0.05, 0.1) is 18.5 Å². The lowest BCUT2D eigenvalue weighted by molar-refractivity contribution is 0.137. The number of nitrogens with one attached hydrogen (secondary N) is 1. The summed E-state index contributed by atoms with van der Waals surface area (Å²) in [7, 11) is -3.35. The Balaban J connectivity index is 1.64. The van der Waals surface area contributed by atoms with E-state index in [1.165, 1.54) is 12.1 Å². The van der Waals surface area contributed by atoms with E-state index in [1.807, 2.05) is 0 Å². The van der Waals surface area contributed by atoms with E-state index in [-0.39, 0.29) is 18.6 Å². The first-order valence-corrected chi connectivity index (χ1v) is 10.6. The molecule has 1 heterocycles. The quantitative estimate of drug-likeness (QED) is 0.759. The highest BCUT2D eigenvalue weighted by molar-refractivity contribution is 7.90. The molecular weight excluding hydrogens is 388 g/mol. The van der Waals surface area contributed by atoms with Crippen LogP contribution < -0.4 is 9.46 Å². The number of hydrogen-bond donors (Lipinski definition) is 1. The van der Waals surface area contributed by atoms with Crippen LogP contribution in [0.5, 0.6) is 5.75 Å². The highest BCUT2D eigenvalue weighted by Crippen LogP contribution is 2.27. The molecule has 0 unspecified atom stereocenters. The molecule has 1 aliphatic heterocycles. The van der Waals surface area contributed by atoms with Gasteiger partial charge in [0, 0.05) is 24.1 Å². The Morgan fingerprint density at radius 3 is 2.50 bits per heavy atom. The van der Waals surface area contributed by atoms with Crippen molar-refractivity contribution < 1.29 is 26.7 Å². The molecule has 1 saturated heterocycles. The summed E-state index contributed by atoms with van der Waals surface area (Å²) in [6.45, 7) is 4.25. The van der Waals surface area contributed by atoms with Crippen LogP contribution in [-0.2, 0) is 14.8 Å². The van der Waals surface area contributed by atoms with Crippen LogP contribution in [0.2, 0.25) is 0 Å². The Labute approximate surface area is 163 Å². The maximum absolute atomic E-state index is 13.9. The van der Waals surface area contributed by atoms with Crippen molar-refractivity contribution >= 4 is 10.0 Å². The molecule has 0 amide bonds. The predicted molar refractivity (Wildman–Crippen MR) is 103 cm³/mol. The summed E-state index contributed by atoms with van der Waals surface area (Å²) in [6.07, 6.45) is -0.289. The van der Waals surface area contributed by atoms with Gasteiger partial charge in [0.15, 0.2) is 0 Å². The van der Waals surface area contributed by atoms with Crippen molar-refractivity contribution in [3.05, 3.63) is 54.1 Å². The van der Waals surface area contributed by atoms with E-state index < -0.39 is 26.9 Å². The summed E-state index contributed by atoms with van der Waals surface area (Å²) in [5.74, 6) is -0.793. The van der Waals surface area contributed by atoms with Crippen molar-refractivity contribution in [1.29, 1.82) is 0 Å². The molecule has 2 aromatic rings. The number of ether oxygens (including phenoxy) is 2. The Morgan fingerprint density at radius 2 is 1.86 bits per heavy atom. The zero-order valence-corrected chi connectivity index (χ0v) is 16.5. The minimum atomic E-state index is -3.35. The highest BCUT2D eigenvalue weighted by Gasteiger charge is 2.31. The van der Waals surface area contributed by atoms with E-state index in [0.29, 0.717) is 30.1 Å². The summed E-state index contributed by atoms with van der Waals surface area (Å²) < 4.78 is 64.8. The summed E-state index contributed by atoms with van der Waals surface area (Å²) in [6, 6.07) is 10.2. The lowest BCUT2D eigenvalue weighted by Gasteiger charge is -2.20. The van der Waals surface area contributed by atoms with Gasteiger partial charge in [0.1, 0.15) is 23.5 Å². The Hall–Kier alpha value is -2.03. The number of benzene rings is 2. The fraction of sp³-hybridized carbons (Fsp3) is 0.400. The molecule has 0 bridgehead atoms.